The maximum Gasteiger partial charge on any atom is 0.234 e. The highest BCUT2D eigenvalue weighted by Crippen LogP contribution is 2.29. The molecule has 0 unspecified atom stereocenters. The van der Waals surface area contributed by atoms with E-state index in [0.717, 1.165) is 22.0 Å². The van der Waals surface area contributed by atoms with Crippen LogP contribution < -0.4 is 14.8 Å². The Kier molecular flexibility index (Phi) is 5.85. The normalized spacial score (nSPS) is 10.7. The summed E-state index contributed by atoms with van der Waals surface area (Å²) in [6, 6.07) is 19.2. The van der Waals surface area contributed by atoms with Crippen LogP contribution >= 0.6 is 11.8 Å². The minimum atomic E-state index is -0.120. The highest BCUT2D eigenvalue weighted by molar-refractivity contribution is 7.99. The first-order valence-corrected chi connectivity index (χ1v) is 10.2. The second kappa shape index (κ2) is 8.87. The standard InChI is InChI=1S/C22H20N4O3S/c1-28-16-10-15(11-17(12-16)29-2)21-24-22(26-25-21)30-13-20(27)23-19-9-5-7-14-6-3-4-8-18(14)19/h3-12H,13H2,1-2H3,(H,23,27)(H,24,25,26). The van der Waals surface area contributed by atoms with Gasteiger partial charge in [-0.2, -0.15) is 0 Å². The Labute approximate surface area is 177 Å². The minimum absolute atomic E-state index is 0.120. The number of rotatable bonds is 7. The molecule has 0 saturated heterocycles. The number of ether oxygens (including phenoxy) is 2. The maximum absolute atomic E-state index is 12.4. The van der Waals surface area contributed by atoms with Crippen molar-refractivity contribution in [1.29, 1.82) is 0 Å². The lowest BCUT2D eigenvalue weighted by atomic mass is 10.1. The van der Waals surface area contributed by atoms with Gasteiger partial charge in [0.1, 0.15) is 11.5 Å². The average Bonchev–Trinajstić information content (AvgIpc) is 3.27. The van der Waals surface area contributed by atoms with E-state index in [9.17, 15) is 4.79 Å². The number of hydrogen-bond acceptors (Lipinski definition) is 6. The fourth-order valence-electron chi connectivity index (χ4n) is 3.04. The topological polar surface area (TPSA) is 89.1 Å². The van der Waals surface area contributed by atoms with Gasteiger partial charge in [0.05, 0.1) is 20.0 Å². The van der Waals surface area contributed by atoms with Gasteiger partial charge in [-0.15, -0.1) is 5.10 Å². The lowest BCUT2D eigenvalue weighted by Gasteiger charge is -2.08. The molecule has 4 rings (SSSR count). The van der Waals surface area contributed by atoms with Gasteiger partial charge in [-0.1, -0.05) is 48.2 Å². The summed E-state index contributed by atoms with van der Waals surface area (Å²) in [4.78, 5) is 16.9. The van der Waals surface area contributed by atoms with E-state index in [1.165, 1.54) is 11.8 Å². The quantitative estimate of drug-likeness (QED) is 0.432. The number of carbonyl (C=O) groups is 1. The zero-order valence-corrected chi connectivity index (χ0v) is 17.3. The summed E-state index contributed by atoms with van der Waals surface area (Å²) >= 11 is 1.26. The van der Waals surface area contributed by atoms with Crippen LogP contribution in [0.2, 0.25) is 0 Å². The Hall–Kier alpha value is -3.52. The van der Waals surface area contributed by atoms with E-state index in [4.69, 9.17) is 9.47 Å². The molecule has 0 aliphatic rings. The van der Waals surface area contributed by atoms with Crippen molar-refractivity contribution in [3.63, 3.8) is 0 Å². The molecule has 1 aromatic heterocycles. The van der Waals surface area contributed by atoms with Crippen molar-refractivity contribution in [2.45, 2.75) is 5.16 Å². The van der Waals surface area contributed by atoms with Gasteiger partial charge in [0, 0.05) is 22.7 Å². The Morgan fingerprint density at radius 3 is 2.53 bits per heavy atom. The third-order valence-corrected chi connectivity index (χ3v) is 5.33. The number of anilines is 1. The largest absolute Gasteiger partial charge is 0.497 e. The summed E-state index contributed by atoms with van der Waals surface area (Å²) in [5.41, 5.74) is 1.57. The molecular weight excluding hydrogens is 400 g/mol. The number of nitrogens with zero attached hydrogens (tertiary/aromatic N) is 2. The van der Waals surface area contributed by atoms with E-state index >= 15 is 0 Å². The average molecular weight is 420 g/mol. The third kappa shape index (κ3) is 4.38. The molecule has 0 aliphatic heterocycles. The summed E-state index contributed by atoms with van der Waals surface area (Å²) in [6.45, 7) is 0. The van der Waals surface area contributed by atoms with Crippen molar-refractivity contribution in [1.82, 2.24) is 15.2 Å². The van der Waals surface area contributed by atoms with Gasteiger partial charge in [0.2, 0.25) is 11.1 Å². The summed E-state index contributed by atoms with van der Waals surface area (Å²) in [5, 5.41) is 12.6. The molecule has 1 amide bonds. The Bertz CT molecular complexity index is 1160. The van der Waals surface area contributed by atoms with Crippen LogP contribution in [-0.4, -0.2) is 41.1 Å². The second-order valence-electron chi connectivity index (χ2n) is 6.43. The van der Waals surface area contributed by atoms with Crippen LogP contribution in [0, 0.1) is 0 Å². The van der Waals surface area contributed by atoms with Gasteiger partial charge in [0.25, 0.3) is 0 Å². The molecule has 152 valence electrons. The first-order chi connectivity index (χ1) is 14.7. The van der Waals surface area contributed by atoms with Crippen molar-refractivity contribution in [3.8, 4) is 22.9 Å². The molecule has 3 aromatic carbocycles. The fourth-order valence-corrected chi connectivity index (χ4v) is 3.63. The van der Waals surface area contributed by atoms with Crippen LogP contribution in [0.25, 0.3) is 22.2 Å². The second-order valence-corrected chi connectivity index (χ2v) is 7.37. The van der Waals surface area contributed by atoms with Crippen LogP contribution in [0.4, 0.5) is 5.69 Å². The summed E-state index contributed by atoms with van der Waals surface area (Å²) in [6.07, 6.45) is 0. The molecule has 1 heterocycles. The fraction of sp³-hybridized carbons (Fsp3) is 0.136. The zero-order valence-electron chi connectivity index (χ0n) is 16.5. The monoisotopic (exact) mass is 420 g/mol. The number of fused-ring (bicyclic) bond motifs is 1. The molecule has 0 fully saturated rings. The molecule has 4 aromatic rings. The predicted molar refractivity (Wildman–Crippen MR) is 118 cm³/mol. The third-order valence-electron chi connectivity index (χ3n) is 4.49. The molecule has 8 heteroatoms. The highest BCUT2D eigenvalue weighted by atomic mass is 32.2. The predicted octanol–water partition coefficient (Wildman–Crippen LogP) is 4.37. The van der Waals surface area contributed by atoms with Crippen molar-refractivity contribution in [2.75, 3.05) is 25.3 Å². The smallest absolute Gasteiger partial charge is 0.234 e. The Morgan fingerprint density at radius 1 is 1.03 bits per heavy atom. The van der Waals surface area contributed by atoms with Gasteiger partial charge >= 0.3 is 0 Å². The van der Waals surface area contributed by atoms with E-state index in [-0.39, 0.29) is 11.7 Å². The van der Waals surface area contributed by atoms with E-state index in [2.05, 4.69) is 20.5 Å². The van der Waals surface area contributed by atoms with E-state index < -0.39 is 0 Å². The van der Waals surface area contributed by atoms with E-state index in [1.54, 1.807) is 20.3 Å². The summed E-state index contributed by atoms with van der Waals surface area (Å²) in [5.74, 6) is 1.96. The molecule has 30 heavy (non-hydrogen) atoms. The number of H-pyrrole nitrogens is 1. The van der Waals surface area contributed by atoms with Crippen LogP contribution in [0.3, 0.4) is 0 Å². The van der Waals surface area contributed by atoms with Crippen LogP contribution in [0.5, 0.6) is 11.5 Å². The van der Waals surface area contributed by atoms with Crippen LogP contribution in [-0.2, 0) is 4.79 Å². The van der Waals surface area contributed by atoms with Gasteiger partial charge in [-0.25, -0.2) is 4.98 Å². The SMILES string of the molecule is COc1cc(OC)cc(-c2nc(SCC(=O)Nc3cccc4ccccc34)n[nH]2)c1. The van der Waals surface area contributed by atoms with Crippen molar-refractivity contribution >= 4 is 34.1 Å². The van der Waals surface area contributed by atoms with Crippen LogP contribution in [0.1, 0.15) is 0 Å². The van der Waals surface area contributed by atoms with Gasteiger partial charge in [0.15, 0.2) is 5.82 Å². The number of hydrogen-bond donors (Lipinski definition) is 2. The lowest BCUT2D eigenvalue weighted by Crippen LogP contribution is -2.14. The Morgan fingerprint density at radius 2 is 1.77 bits per heavy atom. The molecule has 0 bridgehead atoms. The molecule has 0 spiro atoms. The number of aromatic amines is 1. The van der Waals surface area contributed by atoms with E-state index in [0.29, 0.717) is 22.5 Å². The summed E-state index contributed by atoms with van der Waals surface area (Å²) in [7, 11) is 3.18. The maximum atomic E-state index is 12.4. The molecule has 2 N–H and O–H groups in total. The van der Waals surface area contributed by atoms with Crippen LogP contribution in [0.15, 0.2) is 65.8 Å². The number of thioether (sulfide) groups is 1. The number of nitrogens with one attached hydrogen (secondary N) is 2. The Balaban J connectivity index is 1.43. The number of amides is 1. The van der Waals surface area contributed by atoms with Gasteiger partial charge in [-0.05, 0) is 23.6 Å². The number of methoxy groups -OCH3 is 2. The number of benzene rings is 3. The molecule has 7 nitrogen and oxygen atoms in total. The molecule has 0 aliphatic carbocycles. The number of aromatic nitrogens is 3. The highest BCUT2D eigenvalue weighted by Gasteiger charge is 2.12. The lowest BCUT2D eigenvalue weighted by molar-refractivity contribution is -0.113. The molecule has 0 atom stereocenters. The molecule has 0 radical (unpaired) electrons. The first-order valence-electron chi connectivity index (χ1n) is 9.22. The van der Waals surface area contributed by atoms with Crippen molar-refractivity contribution in [2.24, 2.45) is 0 Å². The zero-order chi connectivity index (χ0) is 20.9. The molecule has 0 saturated carbocycles. The first kappa shape index (κ1) is 19.8. The number of carbonyl (C=O) groups excluding carboxylic acids is 1. The minimum Gasteiger partial charge on any atom is -0.497 e. The van der Waals surface area contributed by atoms with Crippen molar-refractivity contribution in [3.05, 3.63) is 60.7 Å². The van der Waals surface area contributed by atoms with Gasteiger partial charge in [-0.3, -0.25) is 9.89 Å². The van der Waals surface area contributed by atoms with Gasteiger partial charge < -0.3 is 14.8 Å². The van der Waals surface area contributed by atoms with E-state index in [1.807, 2.05) is 54.6 Å². The summed E-state index contributed by atoms with van der Waals surface area (Å²) < 4.78 is 10.6. The van der Waals surface area contributed by atoms with Crippen molar-refractivity contribution < 1.29 is 14.3 Å². The molecular formula is C22H20N4O3S.